The van der Waals surface area contributed by atoms with Crippen LogP contribution in [0.5, 0.6) is 0 Å². The van der Waals surface area contributed by atoms with E-state index in [4.69, 9.17) is 16.7 Å². The second-order valence-corrected chi connectivity index (χ2v) is 8.50. The van der Waals surface area contributed by atoms with Crippen LogP contribution in [0.3, 0.4) is 0 Å². The zero-order valence-electron chi connectivity index (χ0n) is 18.6. The van der Waals surface area contributed by atoms with Gasteiger partial charge >= 0.3 is 0 Å². The molecule has 3 aromatic carbocycles. The lowest BCUT2D eigenvalue weighted by atomic mass is 9.94. The Balaban J connectivity index is 1.54. The van der Waals surface area contributed by atoms with Crippen LogP contribution in [-0.4, -0.2) is 26.7 Å². The van der Waals surface area contributed by atoms with Gasteiger partial charge in [-0.1, -0.05) is 78.0 Å². The molecule has 1 aliphatic rings. The molecule has 5 nitrogen and oxygen atoms in total. The summed E-state index contributed by atoms with van der Waals surface area (Å²) in [6, 6.07) is 26.2. The molecule has 0 bridgehead atoms. The Hall–Kier alpha value is -3.84. The molecule has 34 heavy (non-hydrogen) atoms. The highest BCUT2D eigenvalue weighted by Crippen LogP contribution is 2.37. The Morgan fingerprint density at radius 3 is 2.47 bits per heavy atom. The van der Waals surface area contributed by atoms with E-state index >= 15 is 0 Å². The lowest BCUT2D eigenvalue weighted by Crippen LogP contribution is -2.46. The van der Waals surface area contributed by atoms with Crippen LogP contribution in [0.4, 0.5) is 4.39 Å². The lowest BCUT2D eigenvalue weighted by Gasteiger charge is -2.37. The maximum Gasteiger partial charge on any atom is 0.258 e. The number of nitrogens with one attached hydrogen (secondary N) is 1. The Kier molecular flexibility index (Phi) is 6.18. The number of aromatic nitrogens is 2. The molecule has 0 aliphatic carbocycles. The van der Waals surface area contributed by atoms with Gasteiger partial charge in [0.1, 0.15) is 5.82 Å². The molecule has 0 fully saturated rings. The van der Waals surface area contributed by atoms with E-state index in [1.807, 2.05) is 55.5 Å². The Morgan fingerprint density at radius 1 is 1.00 bits per heavy atom. The zero-order chi connectivity index (χ0) is 23.5. The highest BCUT2D eigenvalue weighted by Gasteiger charge is 2.33. The molecule has 1 aliphatic heterocycles. The van der Waals surface area contributed by atoms with Crippen molar-refractivity contribution < 1.29 is 8.91 Å². The minimum absolute atomic E-state index is 0.248. The minimum atomic E-state index is -0.349. The number of hydrogen-bond donors (Lipinski definition) is 1. The molecular formula is C27H23FN4OS. The van der Waals surface area contributed by atoms with Crippen molar-refractivity contribution in [3.8, 4) is 11.4 Å². The Morgan fingerprint density at radius 2 is 1.74 bits per heavy atom. The summed E-state index contributed by atoms with van der Waals surface area (Å²) in [6.07, 6.45) is 0.835. The Bertz CT molecular complexity index is 1340. The summed E-state index contributed by atoms with van der Waals surface area (Å²) in [5.74, 6) is 0.370. The zero-order valence-corrected chi connectivity index (χ0v) is 19.4. The van der Waals surface area contributed by atoms with E-state index < -0.39 is 0 Å². The van der Waals surface area contributed by atoms with E-state index in [0.717, 1.165) is 23.3 Å². The molecule has 0 amide bonds. The van der Waals surface area contributed by atoms with E-state index in [-0.39, 0.29) is 11.9 Å². The highest BCUT2D eigenvalue weighted by atomic mass is 32.1. The number of hydrogen-bond acceptors (Lipinski definition) is 4. The predicted molar refractivity (Wildman–Crippen MR) is 134 cm³/mol. The van der Waals surface area contributed by atoms with Crippen LogP contribution in [0.15, 0.2) is 95.1 Å². The summed E-state index contributed by atoms with van der Waals surface area (Å²) in [7, 11) is 0. The number of allylic oxidation sites excluding steroid dienone is 1. The molecule has 1 aromatic heterocycles. The summed E-state index contributed by atoms with van der Waals surface area (Å²) in [4.78, 5) is 6.71. The second-order valence-electron chi connectivity index (χ2n) is 8.11. The molecule has 1 N–H and O–H groups in total. The number of halogens is 1. The van der Waals surface area contributed by atoms with Gasteiger partial charge in [-0.25, -0.2) is 4.39 Å². The van der Waals surface area contributed by atoms with Gasteiger partial charge in [-0.05, 0) is 48.8 Å². The van der Waals surface area contributed by atoms with Crippen LogP contribution < -0.4 is 5.32 Å². The van der Waals surface area contributed by atoms with Gasteiger partial charge in [-0.2, -0.15) is 4.98 Å². The van der Waals surface area contributed by atoms with Crippen LogP contribution in [0.25, 0.3) is 17.0 Å². The fourth-order valence-electron chi connectivity index (χ4n) is 4.19. The highest BCUT2D eigenvalue weighted by molar-refractivity contribution is 7.80. The summed E-state index contributed by atoms with van der Waals surface area (Å²) in [6.45, 7) is 2.73. The quantitative estimate of drug-likeness (QED) is 0.361. The first-order valence-corrected chi connectivity index (χ1v) is 11.5. The summed E-state index contributed by atoms with van der Waals surface area (Å²) in [5.41, 5.74) is 4.62. The molecule has 2 heterocycles. The van der Waals surface area contributed by atoms with Gasteiger partial charge in [0, 0.05) is 17.8 Å². The first kappa shape index (κ1) is 22.0. The molecule has 5 rings (SSSR count). The number of thiocarbonyl (C=S) groups is 1. The van der Waals surface area contributed by atoms with Gasteiger partial charge in [-0.3, -0.25) is 0 Å². The topological polar surface area (TPSA) is 54.2 Å². The molecule has 0 saturated heterocycles. The molecule has 170 valence electrons. The third-order valence-electron chi connectivity index (χ3n) is 5.94. The van der Waals surface area contributed by atoms with E-state index in [1.54, 1.807) is 12.1 Å². The van der Waals surface area contributed by atoms with Crippen molar-refractivity contribution in [2.45, 2.75) is 19.4 Å². The molecule has 7 heteroatoms. The maximum atomic E-state index is 13.8. The molecule has 0 spiro atoms. The van der Waals surface area contributed by atoms with Gasteiger partial charge in [0.15, 0.2) is 5.11 Å². The summed E-state index contributed by atoms with van der Waals surface area (Å²) < 4.78 is 19.5. The van der Waals surface area contributed by atoms with Gasteiger partial charge in [-0.15, -0.1) is 0 Å². The first-order valence-electron chi connectivity index (χ1n) is 11.1. The SMILES string of the molecule is CC1=C(c2nc(-c3cccc(F)c3)no2)C(c2ccccc2)NC(=S)N1CCc1ccccc1. The molecular weight excluding hydrogens is 447 g/mol. The maximum absolute atomic E-state index is 13.8. The van der Waals surface area contributed by atoms with Crippen molar-refractivity contribution >= 4 is 22.9 Å². The average Bonchev–Trinajstić information content (AvgIpc) is 3.34. The minimum Gasteiger partial charge on any atom is -0.351 e. The van der Waals surface area contributed by atoms with Gasteiger partial charge in [0.2, 0.25) is 5.82 Å². The van der Waals surface area contributed by atoms with Gasteiger partial charge < -0.3 is 14.7 Å². The van der Waals surface area contributed by atoms with Crippen molar-refractivity contribution in [3.63, 3.8) is 0 Å². The van der Waals surface area contributed by atoms with Crippen LogP contribution in [-0.2, 0) is 6.42 Å². The van der Waals surface area contributed by atoms with E-state index in [0.29, 0.717) is 28.9 Å². The number of benzene rings is 3. The van der Waals surface area contributed by atoms with Crippen molar-refractivity contribution in [2.75, 3.05) is 6.54 Å². The third-order valence-corrected chi connectivity index (χ3v) is 6.27. The average molecular weight is 471 g/mol. The predicted octanol–water partition coefficient (Wildman–Crippen LogP) is 5.78. The van der Waals surface area contributed by atoms with Crippen LogP contribution >= 0.6 is 12.2 Å². The van der Waals surface area contributed by atoms with Gasteiger partial charge in [0.05, 0.1) is 11.6 Å². The fraction of sp³-hybridized carbons (Fsp3) is 0.148. The van der Waals surface area contributed by atoms with E-state index in [2.05, 4.69) is 32.5 Å². The third kappa shape index (κ3) is 4.47. The van der Waals surface area contributed by atoms with Crippen LogP contribution in [0, 0.1) is 5.82 Å². The normalized spacial score (nSPS) is 16.0. The fourth-order valence-corrected chi connectivity index (χ4v) is 4.53. The molecule has 0 radical (unpaired) electrons. The Labute approximate surface area is 202 Å². The second kappa shape index (κ2) is 9.57. The van der Waals surface area contributed by atoms with Crippen molar-refractivity contribution in [2.24, 2.45) is 0 Å². The lowest BCUT2D eigenvalue weighted by molar-refractivity contribution is 0.397. The molecule has 1 unspecified atom stereocenters. The van der Waals surface area contributed by atoms with E-state index in [1.165, 1.54) is 17.7 Å². The van der Waals surface area contributed by atoms with Crippen molar-refractivity contribution in [1.82, 2.24) is 20.4 Å². The number of nitrogens with zero attached hydrogens (tertiary/aromatic N) is 3. The summed E-state index contributed by atoms with van der Waals surface area (Å²) >= 11 is 5.77. The number of rotatable bonds is 6. The smallest absolute Gasteiger partial charge is 0.258 e. The summed E-state index contributed by atoms with van der Waals surface area (Å²) in [5, 5.41) is 8.25. The van der Waals surface area contributed by atoms with Crippen LogP contribution in [0.1, 0.15) is 30.0 Å². The van der Waals surface area contributed by atoms with Gasteiger partial charge in [0.25, 0.3) is 5.89 Å². The largest absolute Gasteiger partial charge is 0.351 e. The van der Waals surface area contributed by atoms with Crippen molar-refractivity contribution in [3.05, 3.63) is 113 Å². The monoisotopic (exact) mass is 470 g/mol. The standard InChI is InChI=1S/C27H23FN4OS/c1-18-23(26-30-25(31-33-26)21-13-8-14-22(28)17-21)24(20-11-6-3-7-12-20)29-27(34)32(18)16-15-19-9-4-2-5-10-19/h2-14,17,24H,15-16H2,1H3,(H,29,34). The molecule has 1 atom stereocenters. The molecule has 4 aromatic rings. The van der Waals surface area contributed by atoms with Crippen molar-refractivity contribution in [1.29, 1.82) is 0 Å². The first-order chi connectivity index (χ1) is 16.6. The van der Waals surface area contributed by atoms with E-state index in [9.17, 15) is 4.39 Å². The molecule has 0 saturated carbocycles. The van der Waals surface area contributed by atoms with Crippen LogP contribution in [0.2, 0.25) is 0 Å².